The molecule has 2 heteroatoms. The lowest BCUT2D eigenvalue weighted by Crippen LogP contribution is -1.93. The van der Waals surface area contributed by atoms with Crippen molar-refractivity contribution in [2.75, 3.05) is 0 Å². The van der Waals surface area contributed by atoms with Crippen LogP contribution in [0.25, 0.3) is 5.57 Å². The number of hydrogen-bond donors (Lipinski definition) is 1. The maximum Gasteiger partial charge on any atom is 0.328 e. The largest absolute Gasteiger partial charge is 0.478 e. The highest BCUT2D eigenvalue weighted by atomic mass is 16.4. The summed E-state index contributed by atoms with van der Waals surface area (Å²) in [6.07, 6.45) is 1.18. The zero-order valence-electron chi connectivity index (χ0n) is 8.03. The van der Waals surface area contributed by atoms with Crippen LogP contribution in [0.5, 0.6) is 0 Å². The van der Waals surface area contributed by atoms with Crippen molar-refractivity contribution >= 4 is 11.5 Å². The van der Waals surface area contributed by atoms with Gasteiger partial charge in [-0.25, -0.2) is 4.79 Å². The van der Waals surface area contributed by atoms with Crippen molar-refractivity contribution < 1.29 is 9.90 Å². The van der Waals surface area contributed by atoms with Crippen LogP contribution in [0.4, 0.5) is 0 Å². The normalized spacial score (nSPS) is 11.1. The smallest absolute Gasteiger partial charge is 0.328 e. The molecule has 0 aliphatic rings. The van der Waals surface area contributed by atoms with Gasteiger partial charge >= 0.3 is 5.97 Å². The highest BCUT2D eigenvalue weighted by molar-refractivity contribution is 5.94. The van der Waals surface area contributed by atoms with Crippen molar-refractivity contribution in [3.05, 3.63) is 54.1 Å². The predicted octanol–water partition coefficient (Wildman–Crippen LogP) is 2.73. The Morgan fingerprint density at radius 1 is 1.36 bits per heavy atom. The second-order valence-electron chi connectivity index (χ2n) is 3.04. The monoisotopic (exact) mass is 188 g/mol. The van der Waals surface area contributed by atoms with E-state index in [-0.39, 0.29) is 0 Å². The molecule has 0 radical (unpaired) electrons. The molecule has 0 atom stereocenters. The summed E-state index contributed by atoms with van der Waals surface area (Å²) in [7, 11) is 0. The average molecular weight is 188 g/mol. The van der Waals surface area contributed by atoms with E-state index in [0.717, 1.165) is 11.1 Å². The number of carbonyl (C=O) groups is 1. The third kappa shape index (κ3) is 2.59. The molecule has 0 saturated heterocycles. The number of rotatable bonds is 3. The van der Waals surface area contributed by atoms with Gasteiger partial charge in [0.15, 0.2) is 0 Å². The number of hydrogen-bond acceptors (Lipinski definition) is 1. The molecular formula is C12H12O2. The lowest BCUT2D eigenvalue weighted by Gasteiger charge is -2.05. The first-order chi connectivity index (χ1) is 6.61. The van der Waals surface area contributed by atoms with Gasteiger partial charge in [-0.1, -0.05) is 42.5 Å². The molecule has 0 aliphatic heterocycles. The first-order valence-corrected chi connectivity index (χ1v) is 4.27. The molecule has 0 aromatic heterocycles. The van der Waals surface area contributed by atoms with Gasteiger partial charge in [0.05, 0.1) is 0 Å². The molecule has 1 aromatic carbocycles. The van der Waals surface area contributed by atoms with Gasteiger partial charge in [-0.05, 0) is 18.1 Å². The molecule has 0 fully saturated rings. The standard InChI is InChI=1S/C12H12O2/c1-9(2)11(8-12(13)14)10-6-4-3-5-7-10/h3-8H,1H2,2H3,(H,13,14)/b11-8+. The van der Waals surface area contributed by atoms with Crippen molar-refractivity contribution in [1.29, 1.82) is 0 Å². The van der Waals surface area contributed by atoms with Crippen LogP contribution in [0.15, 0.2) is 48.6 Å². The molecule has 0 unspecified atom stereocenters. The van der Waals surface area contributed by atoms with Crippen molar-refractivity contribution in [3.63, 3.8) is 0 Å². The van der Waals surface area contributed by atoms with Crippen molar-refractivity contribution in [3.8, 4) is 0 Å². The summed E-state index contributed by atoms with van der Waals surface area (Å²) in [4.78, 5) is 10.6. The van der Waals surface area contributed by atoms with E-state index in [9.17, 15) is 4.79 Å². The van der Waals surface area contributed by atoms with Gasteiger partial charge in [-0.2, -0.15) is 0 Å². The molecule has 0 aliphatic carbocycles. The Bertz CT molecular complexity index is 375. The van der Waals surface area contributed by atoms with Crippen molar-refractivity contribution in [2.24, 2.45) is 0 Å². The minimum Gasteiger partial charge on any atom is -0.478 e. The quantitative estimate of drug-likeness (QED) is 0.585. The van der Waals surface area contributed by atoms with Gasteiger partial charge in [-0.3, -0.25) is 0 Å². The number of aliphatic carboxylic acids is 1. The van der Waals surface area contributed by atoms with Crippen LogP contribution in [0.3, 0.4) is 0 Å². The lowest BCUT2D eigenvalue weighted by molar-refractivity contribution is -0.131. The fraction of sp³-hybridized carbons (Fsp3) is 0.0833. The van der Waals surface area contributed by atoms with Gasteiger partial charge in [0.2, 0.25) is 0 Å². The SMILES string of the molecule is C=C(C)/C(=C\C(=O)O)c1ccccc1. The fourth-order valence-corrected chi connectivity index (χ4v) is 1.19. The molecule has 0 bridgehead atoms. The van der Waals surface area contributed by atoms with E-state index in [4.69, 9.17) is 5.11 Å². The summed E-state index contributed by atoms with van der Waals surface area (Å²) < 4.78 is 0. The minimum absolute atomic E-state index is 0.665. The van der Waals surface area contributed by atoms with E-state index in [1.54, 1.807) is 6.92 Å². The van der Waals surface area contributed by atoms with E-state index >= 15 is 0 Å². The molecule has 0 heterocycles. The number of benzene rings is 1. The van der Waals surface area contributed by atoms with Crippen LogP contribution in [0, 0.1) is 0 Å². The fourth-order valence-electron chi connectivity index (χ4n) is 1.19. The third-order valence-corrected chi connectivity index (χ3v) is 1.81. The van der Waals surface area contributed by atoms with Crippen molar-refractivity contribution in [2.45, 2.75) is 6.92 Å². The summed E-state index contributed by atoms with van der Waals surface area (Å²) in [6, 6.07) is 9.36. The van der Waals surface area contributed by atoms with Crippen LogP contribution < -0.4 is 0 Å². The number of carboxylic acids is 1. The van der Waals surface area contributed by atoms with Crippen LogP contribution in [-0.4, -0.2) is 11.1 Å². The Balaban J connectivity index is 3.14. The molecule has 0 amide bonds. The second-order valence-corrected chi connectivity index (χ2v) is 3.04. The number of allylic oxidation sites excluding steroid dienone is 2. The molecular weight excluding hydrogens is 176 g/mol. The van der Waals surface area contributed by atoms with Crippen LogP contribution >= 0.6 is 0 Å². The highest BCUT2D eigenvalue weighted by Gasteiger charge is 2.03. The zero-order valence-corrected chi connectivity index (χ0v) is 8.03. The molecule has 72 valence electrons. The van der Waals surface area contributed by atoms with E-state index in [1.165, 1.54) is 6.08 Å². The van der Waals surface area contributed by atoms with Gasteiger partial charge in [0.25, 0.3) is 0 Å². The Labute approximate surface area is 83.2 Å². The molecule has 0 spiro atoms. The van der Waals surface area contributed by atoms with Crippen LogP contribution in [0.1, 0.15) is 12.5 Å². The molecule has 14 heavy (non-hydrogen) atoms. The highest BCUT2D eigenvalue weighted by Crippen LogP contribution is 2.20. The first kappa shape index (κ1) is 10.3. The van der Waals surface area contributed by atoms with E-state index < -0.39 is 5.97 Å². The van der Waals surface area contributed by atoms with E-state index in [0.29, 0.717) is 5.57 Å². The average Bonchev–Trinajstić information content (AvgIpc) is 2.15. The van der Waals surface area contributed by atoms with Crippen molar-refractivity contribution in [1.82, 2.24) is 0 Å². The predicted molar refractivity (Wildman–Crippen MR) is 56.9 cm³/mol. The maximum atomic E-state index is 10.6. The van der Waals surface area contributed by atoms with E-state index in [2.05, 4.69) is 6.58 Å². The van der Waals surface area contributed by atoms with Gasteiger partial charge < -0.3 is 5.11 Å². The molecule has 2 nitrogen and oxygen atoms in total. The summed E-state index contributed by atoms with van der Waals surface area (Å²) in [5.41, 5.74) is 2.29. The van der Waals surface area contributed by atoms with Gasteiger partial charge in [0, 0.05) is 6.08 Å². The first-order valence-electron chi connectivity index (χ1n) is 4.27. The Kier molecular flexibility index (Phi) is 3.24. The number of carboxylic acid groups (broad SMARTS) is 1. The lowest BCUT2D eigenvalue weighted by atomic mass is 10.00. The Morgan fingerprint density at radius 3 is 2.36 bits per heavy atom. The molecule has 1 N–H and O–H groups in total. The third-order valence-electron chi connectivity index (χ3n) is 1.81. The van der Waals surface area contributed by atoms with Gasteiger partial charge in [0.1, 0.15) is 0 Å². The Morgan fingerprint density at radius 2 is 1.93 bits per heavy atom. The second kappa shape index (κ2) is 4.42. The summed E-state index contributed by atoms with van der Waals surface area (Å²) in [5.74, 6) is -0.952. The minimum atomic E-state index is -0.952. The van der Waals surface area contributed by atoms with Crippen LogP contribution in [-0.2, 0) is 4.79 Å². The van der Waals surface area contributed by atoms with Crippen LogP contribution in [0.2, 0.25) is 0 Å². The zero-order chi connectivity index (χ0) is 10.6. The maximum absolute atomic E-state index is 10.6. The van der Waals surface area contributed by atoms with E-state index in [1.807, 2.05) is 30.3 Å². The molecule has 1 rings (SSSR count). The summed E-state index contributed by atoms with van der Waals surface area (Å²) in [5, 5.41) is 8.68. The molecule has 1 aromatic rings. The molecule has 0 saturated carbocycles. The summed E-state index contributed by atoms with van der Waals surface area (Å²) >= 11 is 0. The topological polar surface area (TPSA) is 37.3 Å². The Hall–Kier alpha value is -1.83. The van der Waals surface area contributed by atoms with Gasteiger partial charge in [-0.15, -0.1) is 0 Å². The summed E-state index contributed by atoms with van der Waals surface area (Å²) in [6.45, 7) is 5.55.